The van der Waals surface area contributed by atoms with Crippen molar-refractivity contribution in [2.24, 2.45) is 5.73 Å². The first kappa shape index (κ1) is 15.6. The lowest BCUT2D eigenvalue weighted by molar-refractivity contribution is 0.0957. The molecular weight excluding hydrogens is 250 g/mol. The molecule has 0 unspecified atom stereocenters. The van der Waals surface area contributed by atoms with E-state index < -0.39 is 0 Å². The summed E-state index contributed by atoms with van der Waals surface area (Å²) in [6, 6.07) is 0.208. The fourth-order valence-electron chi connectivity index (χ4n) is 3.74. The Morgan fingerprint density at radius 1 is 1.00 bits per heavy atom. The molecule has 0 radical (unpaired) electrons. The van der Waals surface area contributed by atoms with Crippen LogP contribution in [0.3, 0.4) is 0 Å². The van der Waals surface area contributed by atoms with E-state index in [2.05, 4.69) is 4.90 Å². The lowest BCUT2D eigenvalue weighted by Gasteiger charge is -2.43. The minimum absolute atomic E-state index is 0.0973. The lowest BCUT2D eigenvalue weighted by atomic mass is 9.88. The van der Waals surface area contributed by atoms with Crippen LogP contribution in [0, 0.1) is 0 Å². The standard InChI is InChI=1S/C16H31N3O/c1-18(15(20)19-12-8-4-5-9-13-19)16(14-17)10-6-2-3-7-11-16/h2-14,17H2,1H3. The first-order chi connectivity index (χ1) is 9.69. The number of carbonyl (C=O) groups excluding carboxylic acids is 1. The molecule has 2 N–H and O–H groups in total. The molecule has 1 heterocycles. The Morgan fingerprint density at radius 2 is 1.50 bits per heavy atom. The van der Waals surface area contributed by atoms with Gasteiger partial charge in [-0.15, -0.1) is 0 Å². The minimum Gasteiger partial charge on any atom is -0.328 e. The number of hydrogen-bond acceptors (Lipinski definition) is 2. The minimum atomic E-state index is -0.0973. The van der Waals surface area contributed by atoms with Crippen LogP contribution in [0.2, 0.25) is 0 Å². The first-order valence-electron chi connectivity index (χ1n) is 8.42. The van der Waals surface area contributed by atoms with E-state index in [1.54, 1.807) is 0 Å². The second kappa shape index (κ2) is 7.30. The first-order valence-corrected chi connectivity index (χ1v) is 8.42. The van der Waals surface area contributed by atoms with Gasteiger partial charge in [0.05, 0.1) is 5.54 Å². The zero-order valence-electron chi connectivity index (χ0n) is 13.1. The Balaban J connectivity index is 2.05. The molecule has 116 valence electrons. The zero-order valence-corrected chi connectivity index (χ0v) is 13.1. The molecule has 20 heavy (non-hydrogen) atoms. The predicted octanol–water partition coefficient (Wildman–Crippen LogP) is 2.97. The van der Waals surface area contributed by atoms with Crippen molar-refractivity contribution in [3.63, 3.8) is 0 Å². The number of carbonyl (C=O) groups is 1. The maximum atomic E-state index is 12.8. The molecule has 0 aromatic carbocycles. The molecule has 0 spiro atoms. The normalized spacial score (nSPS) is 23.8. The molecule has 1 aliphatic carbocycles. The lowest BCUT2D eigenvalue weighted by Crippen LogP contribution is -2.57. The highest BCUT2D eigenvalue weighted by atomic mass is 16.2. The van der Waals surface area contributed by atoms with E-state index >= 15 is 0 Å². The summed E-state index contributed by atoms with van der Waals surface area (Å²) in [6.45, 7) is 2.44. The Bertz CT molecular complexity index is 303. The summed E-state index contributed by atoms with van der Waals surface area (Å²) < 4.78 is 0. The monoisotopic (exact) mass is 281 g/mol. The van der Waals surface area contributed by atoms with Gasteiger partial charge in [-0.05, 0) is 25.7 Å². The van der Waals surface area contributed by atoms with Crippen molar-refractivity contribution < 1.29 is 4.79 Å². The summed E-state index contributed by atoms with van der Waals surface area (Å²) in [5.74, 6) is 0. The molecule has 1 saturated carbocycles. The van der Waals surface area contributed by atoms with Crippen LogP contribution in [0.25, 0.3) is 0 Å². The number of rotatable bonds is 2. The Kier molecular flexibility index (Phi) is 5.70. The number of nitrogens with two attached hydrogens (primary N) is 1. The quantitative estimate of drug-likeness (QED) is 0.791. The van der Waals surface area contributed by atoms with Crippen molar-refractivity contribution in [3.05, 3.63) is 0 Å². The second-order valence-corrected chi connectivity index (χ2v) is 6.59. The number of likely N-dealkylation sites (N-methyl/N-ethyl adjacent to an activating group) is 1. The van der Waals surface area contributed by atoms with Crippen molar-refractivity contribution in [1.29, 1.82) is 0 Å². The van der Waals surface area contributed by atoms with Crippen molar-refractivity contribution in [1.82, 2.24) is 9.80 Å². The van der Waals surface area contributed by atoms with Gasteiger partial charge in [0.2, 0.25) is 0 Å². The predicted molar refractivity (Wildman–Crippen MR) is 82.7 cm³/mol. The van der Waals surface area contributed by atoms with Crippen LogP contribution >= 0.6 is 0 Å². The van der Waals surface area contributed by atoms with Crippen LogP contribution in [0.1, 0.15) is 64.2 Å². The highest BCUT2D eigenvalue weighted by Gasteiger charge is 2.38. The topological polar surface area (TPSA) is 49.6 Å². The van der Waals surface area contributed by atoms with Gasteiger partial charge in [0, 0.05) is 26.7 Å². The maximum absolute atomic E-state index is 12.8. The Labute approximate surface area is 123 Å². The molecule has 1 saturated heterocycles. The van der Waals surface area contributed by atoms with Gasteiger partial charge in [0.25, 0.3) is 0 Å². The van der Waals surface area contributed by atoms with Crippen LogP contribution in [0.15, 0.2) is 0 Å². The maximum Gasteiger partial charge on any atom is 0.320 e. The van der Waals surface area contributed by atoms with Gasteiger partial charge >= 0.3 is 6.03 Å². The third-order valence-corrected chi connectivity index (χ3v) is 5.29. The highest BCUT2D eigenvalue weighted by Crippen LogP contribution is 2.32. The van der Waals surface area contributed by atoms with Crippen molar-refractivity contribution in [2.45, 2.75) is 69.7 Å². The number of hydrogen-bond donors (Lipinski definition) is 1. The number of amides is 2. The van der Waals surface area contributed by atoms with E-state index in [1.165, 1.54) is 38.5 Å². The van der Waals surface area contributed by atoms with E-state index in [1.807, 2.05) is 11.9 Å². The number of nitrogens with zero attached hydrogens (tertiary/aromatic N) is 2. The van der Waals surface area contributed by atoms with Gasteiger partial charge in [-0.3, -0.25) is 0 Å². The van der Waals surface area contributed by atoms with Gasteiger partial charge < -0.3 is 15.5 Å². The van der Waals surface area contributed by atoms with E-state index in [0.717, 1.165) is 38.8 Å². The van der Waals surface area contributed by atoms with E-state index in [-0.39, 0.29) is 11.6 Å². The number of likely N-dealkylation sites (tertiary alicyclic amines) is 1. The average molecular weight is 281 g/mol. The van der Waals surface area contributed by atoms with Crippen LogP contribution in [-0.2, 0) is 0 Å². The molecule has 4 nitrogen and oxygen atoms in total. The molecule has 2 amide bonds. The van der Waals surface area contributed by atoms with Gasteiger partial charge in [-0.1, -0.05) is 38.5 Å². The second-order valence-electron chi connectivity index (χ2n) is 6.59. The average Bonchev–Trinajstić information content (AvgIpc) is 2.89. The molecule has 2 aliphatic rings. The van der Waals surface area contributed by atoms with Crippen molar-refractivity contribution >= 4 is 6.03 Å². The van der Waals surface area contributed by atoms with Gasteiger partial charge in [-0.25, -0.2) is 4.79 Å². The fraction of sp³-hybridized carbons (Fsp3) is 0.938. The molecule has 0 aromatic rings. The SMILES string of the molecule is CN(C(=O)N1CCCCCC1)C1(CN)CCCCCC1. The van der Waals surface area contributed by atoms with Gasteiger partial charge in [0.1, 0.15) is 0 Å². The number of urea groups is 1. The fourth-order valence-corrected chi connectivity index (χ4v) is 3.74. The molecule has 0 aromatic heterocycles. The largest absolute Gasteiger partial charge is 0.328 e. The molecule has 2 rings (SSSR count). The zero-order chi connectivity index (χ0) is 14.4. The van der Waals surface area contributed by atoms with Crippen LogP contribution in [0.5, 0.6) is 0 Å². The molecule has 1 aliphatic heterocycles. The third kappa shape index (κ3) is 3.46. The summed E-state index contributed by atoms with van der Waals surface area (Å²) in [6.07, 6.45) is 11.9. The van der Waals surface area contributed by atoms with Crippen LogP contribution in [-0.4, -0.2) is 48.1 Å². The Morgan fingerprint density at radius 3 is 2.00 bits per heavy atom. The highest BCUT2D eigenvalue weighted by molar-refractivity contribution is 5.75. The van der Waals surface area contributed by atoms with Gasteiger partial charge in [-0.2, -0.15) is 0 Å². The summed E-state index contributed by atoms with van der Waals surface area (Å²) in [7, 11) is 1.98. The molecule has 2 fully saturated rings. The van der Waals surface area contributed by atoms with E-state index in [9.17, 15) is 4.79 Å². The molecular formula is C16H31N3O. The van der Waals surface area contributed by atoms with Crippen molar-refractivity contribution in [2.75, 3.05) is 26.7 Å². The Hall–Kier alpha value is -0.770. The van der Waals surface area contributed by atoms with Crippen molar-refractivity contribution in [3.8, 4) is 0 Å². The summed E-state index contributed by atoms with van der Waals surface area (Å²) >= 11 is 0. The summed E-state index contributed by atoms with van der Waals surface area (Å²) in [5, 5.41) is 0. The van der Waals surface area contributed by atoms with Crippen LogP contribution < -0.4 is 5.73 Å². The van der Waals surface area contributed by atoms with E-state index in [0.29, 0.717) is 6.54 Å². The summed E-state index contributed by atoms with van der Waals surface area (Å²) in [4.78, 5) is 16.9. The molecule has 4 heteroatoms. The van der Waals surface area contributed by atoms with Gasteiger partial charge in [0.15, 0.2) is 0 Å². The summed E-state index contributed by atoms with van der Waals surface area (Å²) in [5.41, 5.74) is 6.00. The van der Waals surface area contributed by atoms with E-state index in [4.69, 9.17) is 5.73 Å². The van der Waals surface area contributed by atoms with Crippen LogP contribution in [0.4, 0.5) is 4.79 Å². The molecule has 0 atom stereocenters. The smallest absolute Gasteiger partial charge is 0.320 e. The third-order valence-electron chi connectivity index (χ3n) is 5.29. The molecule has 0 bridgehead atoms.